The molecule has 0 spiro atoms. The molecule has 0 saturated carbocycles. The van der Waals surface area contributed by atoms with Gasteiger partial charge in [0.25, 0.3) is 0 Å². The van der Waals surface area contributed by atoms with Gasteiger partial charge >= 0.3 is 0 Å². The molecule has 2 amide bonds. The molecule has 26 heavy (non-hydrogen) atoms. The van der Waals surface area contributed by atoms with Crippen molar-refractivity contribution in [3.63, 3.8) is 0 Å². The molecule has 2 rings (SSSR count). The molecule has 0 atom stereocenters. The third kappa shape index (κ3) is 5.24. The monoisotopic (exact) mass is 356 g/mol. The number of nitrogens with one attached hydrogen (secondary N) is 1. The van der Waals surface area contributed by atoms with Crippen LogP contribution in [-0.2, 0) is 16.0 Å². The Morgan fingerprint density at radius 1 is 1.00 bits per heavy atom. The van der Waals surface area contributed by atoms with Crippen molar-refractivity contribution in [3.8, 4) is 11.5 Å². The van der Waals surface area contributed by atoms with Crippen LogP contribution in [0.3, 0.4) is 0 Å². The number of para-hydroxylation sites is 1. The van der Waals surface area contributed by atoms with E-state index in [2.05, 4.69) is 5.32 Å². The number of rotatable bonds is 8. The lowest BCUT2D eigenvalue weighted by Gasteiger charge is -2.21. The van der Waals surface area contributed by atoms with Gasteiger partial charge in [-0.1, -0.05) is 18.2 Å². The van der Waals surface area contributed by atoms with E-state index in [0.717, 1.165) is 11.3 Å². The summed E-state index contributed by atoms with van der Waals surface area (Å²) in [7, 11) is 3.20. The number of nitrogens with zero attached hydrogens (tertiary/aromatic N) is 1. The van der Waals surface area contributed by atoms with Crippen LogP contribution in [0, 0.1) is 0 Å². The van der Waals surface area contributed by atoms with Crippen LogP contribution in [0.25, 0.3) is 0 Å². The third-order valence-electron chi connectivity index (χ3n) is 3.97. The first kappa shape index (κ1) is 19.3. The number of hydrogen-bond acceptors (Lipinski definition) is 4. The second-order valence-electron chi connectivity index (χ2n) is 5.71. The van der Waals surface area contributed by atoms with Gasteiger partial charge in [-0.25, -0.2) is 0 Å². The first-order valence-electron chi connectivity index (χ1n) is 8.36. The van der Waals surface area contributed by atoms with Crippen molar-refractivity contribution in [1.29, 1.82) is 0 Å². The van der Waals surface area contributed by atoms with Gasteiger partial charge in [0.15, 0.2) is 0 Å². The summed E-state index contributed by atoms with van der Waals surface area (Å²) >= 11 is 0. The van der Waals surface area contributed by atoms with Crippen LogP contribution in [0.5, 0.6) is 11.5 Å². The van der Waals surface area contributed by atoms with Crippen LogP contribution in [0.1, 0.15) is 12.5 Å². The van der Waals surface area contributed by atoms with E-state index in [-0.39, 0.29) is 18.4 Å². The summed E-state index contributed by atoms with van der Waals surface area (Å²) in [6, 6.07) is 14.7. The molecule has 0 unspecified atom stereocenters. The standard InChI is InChI=1S/C20H24N2O4/c1-15(23)22(17-8-10-18(25-2)11-9-17)14-20(24)21-13-12-16-6-4-5-7-19(16)26-3/h4-11H,12-14H2,1-3H3,(H,21,24). The molecule has 0 fully saturated rings. The molecule has 138 valence electrons. The molecule has 2 aromatic rings. The summed E-state index contributed by atoms with van der Waals surface area (Å²) in [6.07, 6.45) is 0.651. The first-order chi connectivity index (χ1) is 12.5. The van der Waals surface area contributed by atoms with Gasteiger partial charge in [0.1, 0.15) is 18.0 Å². The molecule has 0 aliphatic heterocycles. The number of ether oxygens (including phenoxy) is 2. The molecule has 6 heteroatoms. The zero-order valence-corrected chi connectivity index (χ0v) is 15.3. The average Bonchev–Trinajstić information content (AvgIpc) is 2.66. The number of carbonyl (C=O) groups excluding carboxylic acids is 2. The van der Waals surface area contributed by atoms with Crippen molar-refractivity contribution < 1.29 is 19.1 Å². The molecule has 0 heterocycles. The number of benzene rings is 2. The van der Waals surface area contributed by atoms with Crippen molar-refractivity contribution in [2.24, 2.45) is 0 Å². The molecule has 0 bridgehead atoms. The maximum Gasteiger partial charge on any atom is 0.240 e. The Morgan fingerprint density at radius 3 is 2.31 bits per heavy atom. The minimum Gasteiger partial charge on any atom is -0.497 e. The SMILES string of the molecule is COc1ccc(N(CC(=O)NCCc2ccccc2OC)C(C)=O)cc1. The van der Waals surface area contributed by atoms with E-state index in [1.54, 1.807) is 38.5 Å². The Kier molecular flexibility index (Phi) is 7.02. The first-order valence-corrected chi connectivity index (χ1v) is 8.36. The third-order valence-corrected chi connectivity index (χ3v) is 3.97. The van der Waals surface area contributed by atoms with Gasteiger partial charge in [-0.3, -0.25) is 9.59 Å². The number of methoxy groups -OCH3 is 2. The summed E-state index contributed by atoms with van der Waals surface area (Å²) < 4.78 is 10.4. The average molecular weight is 356 g/mol. The van der Waals surface area contributed by atoms with Crippen LogP contribution in [-0.4, -0.2) is 39.1 Å². The Bertz CT molecular complexity index is 744. The second kappa shape index (κ2) is 9.46. The van der Waals surface area contributed by atoms with Gasteiger partial charge in [0.2, 0.25) is 11.8 Å². The van der Waals surface area contributed by atoms with Crippen molar-refractivity contribution in [2.45, 2.75) is 13.3 Å². The van der Waals surface area contributed by atoms with E-state index in [0.29, 0.717) is 24.4 Å². The topological polar surface area (TPSA) is 67.9 Å². The molecule has 0 aliphatic carbocycles. The fourth-order valence-corrected chi connectivity index (χ4v) is 2.59. The molecule has 0 aliphatic rings. The number of carbonyl (C=O) groups is 2. The quantitative estimate of drug-likeness (QED) is 0.789. The highest BCUT2D eigenvalue weighted by molar-refractivity contribution is 5.97. The summed E-state index contributed by atoms with van der Waals surface area (Å²) in [6.45, 7) is 1.87. The molecule has 0 radical (unpaired) electrons. The number of anilines is 1. The molecule has 1 N–H and O–H groups in total. The predicted molar refractivity (Wildman–Crippen MR) is 101 cm³/mol. The van der Waals surface area contributed by atoms with Crippen LogP contribution < -0.4 is 19.7 Å². The Balaban J connectivity index is 1.92. The Hall–Kier alpha value is -3.02. The summed E-state index contributed by atoms with van der Waals surface area (Å²) in [4.78, 5) is 25.6. The number of hydrogen-bond donors (Lipinski definition) is 1. The molecular formula is C20H24N2O4. The Morgan fingerprint density at radius 2 is 1.69 bits per heavy atom. The highest BCUT2D eigenvalue weighted by Crippen LogP contribution is 2.19. The van der Waals surface area contributed by atoms with Gasteiger partial charge in [-0.05, 0) is 42.3 Å². The summed E-state index contributed by atoms with van der Waals surface area (Å²) in [5.41, 5.74) is 1.67. The normalized spacial score (nSPS) is 10.1. The zero-order valence-electron chi connectivity index (χ0n) is 15.3. The minimum atomic E-state index is -0.217. The van der Waals surface area contributed by atoms with E-state index in [1.165, 1.54) is 11.8 Å². The van der Waals surface area contributed by atoms with Gasteiger partial charge in [0, 0.05) is 19.2 Å². The fourth-order valence-electron chi connectivity index (χ4n) is 2.59. The van der Waals surface area contributed by atoms with Crippen LogP contribution >= 0.6 is 0 Å². The predicted octanol–water partition coefficient (Wildman–Crippen LogP) is 2.42. The highest BCUT2D eigenvalue weighted by Gasteiger charge is 2.15. The Labute approximate surface area is 153 Å². The van der Waals surface area contributed by atoms with Gasteiger partial charge < -0.3 is 19.7 Å². The molecule has 6 nitrogen and oxygen atoms in total. The van der Waals surface area contributed by atoms with E-state index < -0.39 is 0 Å². The minimum absolute atomic E-state index is 0.0341. The van der Waals surface area contributed by atoms with E-state index in [4.69, 9.17) is 9.47 Å². The van der Waals surface area contributed by atoms with Gasteiger partial charge in [0.05, 0.1) is 14.2 Å². The van der Waals surface area contributed by atoms with E-state index in [1.807, 2.05) is 24.3 Å². The lowest BCUT2D eigenvalue weighted by atomic mass is 10.1. The lowest BCUT2D eigenvalue weighted by Crippen LogP contribution is -2.40. The van der Waals surface area contributed by atoms with Crippen LogP contribution in [0.2, 0.25) is 0 Å². The second-order valence-corrected chi connectivity index (χ2v) is 5.71. The summed E-state index contributed by atoms with van der Waals surface area (Å²) in [5.74, 6) is 1.07. The molecule has 0 saturated heterocycles. The van der Waals surface area contributed by atoms with Crippen LogP contribution in [0.15, 0.2) is 48.5 Å². The molecule has 2 aromatic carbocycles. The highest BCUT2D eigenvalue weighted by atomic mass is 16.5. The molecule has 0 aromatic heterocycles. The molecular weight excluding hydrogens is 332 g/mol. The van der Waals surface area contributed by atoms with Gasteiger partial charge in [-0.2, -0.15) is 0 Å². The smallest absolute Gasteiger partial charge is 0.240 e. The van der Waals surface area contributed by atoms with Crippen molar-refractivity contribution in [2.75, 3.05) is 32.2 Å². The fraction of sp³-hybridized carbons (Fsp3) is 0.300. The number of amides is 2. The largest absolute Gasteiger partial charge is 0.497 e. The van der Waals surface area contributed by atoms with E-state index >= 15 is 0 Å². The zero-order chi connectivity index (χ0) is 18.9. The van der Waals surface area contributed by atoms with E-state index in [9.17, 15) is 9.59 Å². The van der Waals surface area contributed by atoms with Crippen LogP contribution in [0.4, 0.5) is 5.69 Å². The lowest BCUT2D eigenvalue weighted by molar-refractivity contribution is -0.123. The van der Waals surface area contributed by atoms with Gasteiger partial charge in [-0.15, -0.1) is 0 Å². The van der Waals surface area contributed by atoms with Crippen molar-refractivity contribution >= 4 is 17.5 Å². The van der Waals surface area contributed by atoms with Crippen molar-refractivity contribution in [3.05, 3.63) is 54.1 Å². The summed E-state index contributed by atoms with van der Waals surface area (Å²) in [5, 5.41) is 2.85. The maximum absolute atomic E-state index is 12.2. The van der Waals surface area contributed by atoms with Crippen molar-refractivity contribution in [1.82, 2.24) is 5.32 Å². The maximum atomic E-state index is 12.2.